The summed E-state index contributed by atoms with van der Waals surface area (Å²) in [5.74, 6) is 1.62. The highest BCUT2D eigenvalue weighted by atomic mass is 15.0. The monoisotopic (exact) mass is 244 g/mol. The molecule has 0 saturated heterocycles. The highest BCUT2D eigenvalue weighted by Gasteiger charge is 2.38. The topological polar surface area (TPSA) is 38.0 Å². The van der Waals surface area contributed by atoms with Crippen LogP contribution in [0.5, 0.6) is 0 Å². The Morgan fingerprint density at radius 1 is 1.06 bits per heavy atom. The highest BCUT2D eigenvalue weighted by molar-refractivity contribution is 5.27. The van der Waals surface area contributed by atoms with Crippen molar-refractivity contribution in [2.45, 2.75) is 50.1 Å². The fourth-order valence-corrected chi connectivity index (χ4v) is 3.20. The van der Waals surface area contributed by atoms with Gasteiger partial charge in [-0.15, -0.1) is 0 Å². The van der Waals surface area contributed by atoms with E-state index in [9.17, 15) is 0 Å². The minimum atomic E-state index is 0.472. The van der Waals surface area contributed by atoms with Crippen molar-refractivity contribution in [2.75, 3.05) is 6.54 Å². The smallest absolute Gasteiger partial charge is 0.0143 e. The van der Waals surface area contributed by atoms with Crippen LogP contribution in [0.1, 0.15) is 43.6 Å². The largest absolute Gasteiger partial charge is 0.328 e. The summed E-state index contributed by atoms with van der Waals surface area (Å²) in [6, 6.07) is 12.1. The number of nitrogens with one attached hydrogen (secondary N) is 1. The second kappa shape index (κ2) is 5.41. The summed E-state index contributed by atoms with van der Waals surface area (Å²) < 4.78 is 0. The first-order valence-electron chi connectivity index (χ1n) is 7.37. The summed E-state index contributed by atoms with van der Waals surface area (Å²) >= 11 is 0. The Labute approximate surface area is 110 Å². The van der Waals surface area contributed by atoms with Gasteiger partial charge in [0.05, 0.1) is 0 Å². The third-order valence-electron chi connectivity index (χ3n) is 4.58. The Hall–Kier alpha value is -0.860. The van der Waals surface area contributed by atoms with Gasteiger partial charge in [0.15, 0.2) is 0 Å². The van der Waals surface area contributed by atoms with Gasteiger partial charge in [0, 0.05) is 18.0 Å². The number of hydrogen-bond donors (Lipinski definition) is 2. The fraction of sp³-hybridized carbons (Fsp3) is 0.625. The van der Waals surface area contributed by atoms with Gasteiger partial charge in [-0.3, -0.25) is 0 Å². The van der Waals surface area contributed by atoms with Gasteiger partial charge in [-0.1, -0.05) is 30.3 Å². The van der Waals surface area contributed by atoms with E-state index in [0.29, 0.717) is 6.04 Å². The normalized spacial score (nSPS) is 35.4. The van der Waals surface area contributed by atoms with Gasteiger partial charge < -0.3 is 11.1 Å². The summed E-state index contributed by atoms with van der Waals surface area (Å²) in [4.78, 5) is 0. The molecule has 1 aromatic carbocycles. The number of hydrogen-bond acceptors (Lipinski definition) is 2. The molecular formula is C16H24N2. The van der Waals surface area contributed by atoms with Crippen LogP contribution < -0.4 is 11.1 Å². The van der Waals surface area contributed by atoms with E-state index in [1.54, 1.807) is 0 Å². The first kappa shape index (κ1) is 12.2. The molecule has 0 aromatic heterocycles. The van der Waals surface area contributed by atoms with Gasteiger partial charge in [-0.2, -0.15) is 0 Å². The third kappa shape index (κ3) is 2.93. The SMILES string of the molecule is NC1CCC(CNC2CC2c2ccccc2)CC1. The molecule has 18 heavy (non-hydrogen) atoms. The molecule has 3 N–H and O–H groups in total. The maximum atomic E-state index is 5.94. The van der Waals surface area contributed by atoms with Crippen molar-refractivity contribution in [1.29, 1.82) is 0 Å². The van der Waals surface area contributed by atoms with Crippen molar-refractivity contribution in [3.63, 3.8) is 0 Å². The molecule has 0 aliphatic heterocycles. The van der Waals surface area contributed by atoms with E-state index in [2.05, 4.69) is 35.6 Å². The number of benzene rings is 1. The molecule has 2 saturated carbocycles. The number of rotatable bonds is 4. The molecule has 2 fully saturated rings. The standard InChI is InChI=1S/C16H24N2/c17-14-8-6-12(7-9-14)11-18-16-10-15(16)13-4-2-1-3-5-13/h1-5,12,14-16,18H,6-11,17H2. The Balaban J connectivity index is 1.41. The minimum absolute atomic E-state index is 0.472. The predicted molar refractivity (Wildman–Crippen MR) is 75.5 cm³/mol. The molecule has 2 unspecified atom stereocenters. The molecule has 3 rings (SSSR count). The van der Waals surface area contributed by atoms with Gasteiger partial charge in [-0.25, -0.2) is 0 Å². The first-order valence-corrected chi connectivity index (χ1v) is 7.37. The van der Waals surface area contributed by atoms with Gasteiger partial charge in [-0.05, 0) is 50.1 Å². The Kier molecular flexibility index (Phi) is 3.67. The van der Waals surface area contributed by atoms with Crippen LogP contribution in [0.4, 0.5) is 0 Å². The molecule has 2 aliphatic carbocycles. The third-order valence-corrected chi connectivity index (χ3v) is 4.58. The lowest BCUT2D eigenvalue weighted by Crippen LogP contribution is -2.32. The lowest BCUT2D eigenvalue weighted by atomic mass is 9.86. The molecule has 98 valence electrons. The summed E-state index contributed by atoms with van der Waals surface area (Å²) in [5.41, 5.74) is 7.44. The van der Waals surface area contributed by atoms with E-state index in [1.807, 2.05) is 0 Å². The molecule has 2 atom stereocenters. The van der Waals surface area contributed by atoms with Crippen LogP contribution in [0.2, 0.25) is 0 Å². The van der Waals surface area contributed by atoms with Gasteiger partial charge in [0.25, 0.3) is 0 Å². The van der Waals surface area contributed by atoms with Crippen LogP contribution in [0.3, 0.4) is 0 Å². The molecular weight excluding hydrogens is 220 g/mol. The second-order valence-corrected chi connectivity index (χ2v) is 6.05. The van der Waals surface area contributed by atoms with Crippen molar-refractivity contribution < 1.29 is 0 Å². The molecule has 0 bridgehead atoms. The van der Waals surface area contributed by atoms with Crippen molar-refractivity contribution in [3.8, 4) is 0 Å². The van der Waals surface area contributed by atoms with E-state index in [-0.39, 0.29) is 0 Å². The molecule has 0 heterocycles. The quantitative estimate of drug-likeness (QED) is 0.854. The zero-order chi connectivity index (χ0) is 12.4. The predicted octanol–water partition coefficient (Wildman–Crippen LogP) is 2.65. The molecule has 2 heteroatoms. The van der Waals surface area contributed by atoms with Crippen molar-refractivity contribution in [1.82, 2.24) is 5.32 Å². The number of nitrogens with two attached hydrogens (primary N) is 1. The van der Waals surface area contributed by atoms with Crippen molar-refractivity contribution >= 4 is 0 Å². The lowest BCUT2D eigenvalue weighted by Gasteiger charge is -2.26. The van der Waals surface area contributed by atoms with Gasteiger partial charge >= 0.3 is 0 Å². The molecule has 0 amide bonds. The average molecular weight is 244 g/mol. The Morgan fingerprint density at radius 2 is 1.78 bits per heavy atom. The van der Waals surface area contributed by atoms with Gasteiger partial charge in [0.2, 0.25) is 0 Å². The maximum Gasteiger partial charge on any atom is 0.0143 e. The maximum absolute atomic E-state index is 5.94. The molecule has 2 aliphatic rings. The average Bonchev–Trinajstić information content (AvgIpc) is 3.19. The molecule has 1 aromatic rings. The van der Waals surface area contributed by atoms with Crippen molar-refractivity contribution in [2.24, 2.45) is 11.7 Å². The zero-order valence-corrected chi connectivity index (χ0v) is 11.0. The molecule has 0 radical (unpaired) electrons. The van der Waals surface area contributed by atoms with Crippen LogP contribution >= 0.6 is 0 Å². The highest BCUT2D eigenvalue weighted by Crippen LogP contribution is 2.40. The van der Waals surface area contributed by atoms with E-state index in [4.69, 9.17) is 5.73 Å². The van der Waals surface area contributed by atoms with E-state index in [1.165, 1.54) is 44.2 Å². The van der Waals surface area contributed by atoms with Crippen LogP contribution in [0.15, 0.2) is 30.3 Å². The van der Waals surface area contributed by atoms with Crippen LogP contribution in [0.25, 0.3) is 0 Å². The zero-order valence-electron chi connectivity index (χ0n) is 11.0. The minimum Gasteiger partial charge on any atom is -0.328 e. The van der Waals surface area contributed by atoms with Gasteiger partial charge in [0.1, 0.15) is 0 Å². The first-order chi connectivity index (χ1) is 8.83. The summed E-state index contributed by atoms with van der Waals surface area (Å²) in [5, 5.41) is 3.75. The van der Waals surface area contributed by atoms with E-state index < -0.39 is 0 Å². The summed E-state index contributed by atoms with van der Waals surface area (Å²) in [6.07, 6.45) is 6.39. The van der Waals surface area contributed by atoms with E-state index in [0.717, 1.165) is 17.9 Å². The van der Waals surface area contributed by atoms with Crippen LogP contribution in [-0.4, -0.2) is 18.6 Å². The lowest BCUT2D eigenvalue weighted by molar-refractivity contribution is 0.313. The second-order valence-electron chi connectivity index (χ2n) is 6.05. The Bertz CT molecular complexity index is 368. The molecule has 0 spiro atoms. The van der Waals surface area contributed by atoms with E-state index >= 15 is 0 Å². The van der Waals surface area contributed by atoms with Crippen molar-refractivity contribution in [3.05, 3.63) is 35.9 Å². The van der Waals surface area contributed by atoms with Crippen LogP contribution in [0, 0.1) is 5.92 Å². The summed E-state index contributed by atoms with van der Waals surface area (Å²) in [6.45, 7) is 1.20. The fourth-order valence-electron chi connectivity index (χ4n) is 3.20. The Morgan fingerprint density at radius 3 is 2.50 bits per heavy atom. The molecule has 2 nitrogen and oxygen atoms in total. The summed E-state index contributed by atoms with van der Waals surface area (Å²) in [7, 11) is 0. The van der Waals surface area contributed by atoms with Crippen LogP contribution in [-0.2, 0) is 0 Å².